The van der Waals surface area contributed by atoms with E-state index < -0.39 is 0 Å². The van der Waals surface area contributed by atoms with Crippen molar-refractivity contribution in [3.05, 3.63) is 65.1 Å². The number of carbonyl (C=O) groups excluding carboxylic acids is 1. The van der Waals surface area contributed by atoms with Crippen LogP contribution in [0.2, 0.25) is 0 Å². The quantitative estimate of drug-likeness (QED) is 0.607. The van der Waals surface area contributed by atoms with Crippen LogP contribution in [-0.4, -0.2) is 51.9 Å². The number of carbonyl (C=O) groups is 1. The number of ether oxygens (including phenoxy) is 3. The minimum Gasteiger partial charge on any atom is -0.487 e. The third-order valence-electron chi connectivity index (χ3n) is 5.86. The zero-order valence-electron chi connectivity index (χ0n) is 19.4. The molecule has 1 aliphatic rings. The lowest BCUT2D eigenvalue weighted by Crippen LogP contribution is -2.34. The SMILES string of the molecule is Cc1nn(C)c(C)c1CCC(=O)N1CCOCCOc2ccccc2Oc2ncccc2C1. The Kier molecular flexibility index (Phi) is 7.24. The molecule has 0 saturated carbocycles. The van der Waals surface area contributed by atoms with Crippen molar-refractivity contribution in [1.82, 2.24) is 19.7 Å². The molecule has 1 amide bonds. The Labute approximate surface area is 194 Å². The van der Waals surface area contributed by atoms with E-state index in [1.165, 1.54) is 0 Å². The molecule has 3 aromatic rings. The molecule has 0 saturated heterocycles. The summed E-state index contributed by atoms with van der Waals surface area (Å²) in [6, 6.07) is 11.3. The summed E-state index contributed by atoms with van der Waals surface area (Å²) >= 11 is 0. The first-order valence-corrected chi connectivity index (χ1v) is 11.2. The van der Waals surface area contributed by atoms with E-state index >= 15 is 0 Å². The molecule has 1 aliphatic heterocycles. The number of benzene rings is 1. The topological polar surface area (TPSA) is 78.7 Å². The van der Waals surface area contributed by atoms with Gasteiger partial charge in [-0.25, -0.2) is 4.98 Å². The van der Waals surface area contributed by atoms with E-state index in [1.54, 1.807) is 6.20 Å². The maximum atomic E-state index is 13.3. The second kappa shape index (κ2) is 10.5. The maximum absolute atomic E-state index is 13.3. The lowest BCUT2D eigenvalue weighted by atomic mass is 10.1. The Morgan fingerprint density at radius 1 is 1.06 bits per heavy atom. The van der Waals surface area contributed by atoms with Gasteiger partial charge in [0.1, 0.15) is 6.61 Å². The molecule has 174 valence electrons. The van der Waals surface area contributed by atoms with E-state index in [9.17, 15) is 4.79 Å². The average Bonchev–Trinajstić information content (AvgIpc) is 3.06. The zero-order chi connectivity index (χ0) is 23.2. The van der Waals surface area contributed by atoms with Gasteiger partial charge in [-0.15, -0.1) is 0 Å². The molecule has 33 heavy (non-hydrogen) atoms. The van der Waals surface area contributed by atoms with Crippen molar-refractivity contribution in [2.45, 2.75) is 33.2 Å². The number of fused-ring (bicyclic) bond motifs is 2. The first kappa shape index (κ1) is 22.8. The van der Waals surface area contributed by atoms with Crippen LogP contribution in [0.1, 0.15) is 28.9 Å². The molecule has 8 heteroatoms. The summed E-state index contributed by atoms with van der Waals surface area (Å²) in [6.07, 6.45) is 2.73. The Morgan fingerprint density at radius 2 is 1.88 bits per heavy atom. The fourth-order valence-corrected chi connectivity index (χ4v) is 3.95. The highest BCUT2D eigenvalue weighted by Crippen LogP contribution is 2.32. The van der Waals surface area contributed by atoms with Crippen molar-refractivity contribution >= 4 is 5.91 Å². The van der Waals surface area contributed by atoms with E-state index in [0.29, 0.717) is 63.1 Å². The molecule has 0 fully saturated rings. The van der Waals surface area contributed by atoms with Crippen LogP contribution in [0.15, 0.2) is 42.6 Å². The van der Waals surface area contributed by atoms with Crippen LogP contribution in [0.25, 0.3) is 0 Å². The molecular weight excluding hydrogens is 420 g/mol. The standard InChI is InChI=1S/C25H30N4O4/c1-18-21(19(2)28(3)27-18)10-11-24(30)29-13-14-31-15-16-32-22-8-4-5-9-23(22)33-25-20(17-29)7-6-12-26-25/h4-9,12H,10-11,13-17H2,1-3H3. The summed E-state index contributed by atoms with van der Waals surface area (Å²) < 4.78 is 19.6. The molecule has 1 aromatic carbocycles. The minimum absolute atomic E-state index is 0.0579. The summed E-state index contributed by atoms with van der Waals surface area (Å²) in [7, 11) is 1.93. The Bertz CT molecular complexity index is 1110. The van der Waals surface area contributed by atoms with Gasteiger partial charge in [0.2, 0.25) is 11.8 Å². The van der Waals surface area contributed by atoms with Gasteiger partial charge in [-0.3, -0.25) is 9.48 Å². The molecule has 0 bridgehead atoms. The van der Waals surface area contributed by atoms with E-state index in [1.807, 2.05) is 66.9 Å². The second-order valence-electron chi connectivity index (χ2n) is 8.07. The van der Waals surface area contributed by atoms with E-state index in [2.05, 4.69) is 10.1 Å². The van der Waals surface area contributed by atoms with Crippen molar-refractivity contribution in [1.29, 1.82) is 0 Å². The number of aromatic nitrogens is 3. The molecule has 8 nitrogen and oxygen atoms in total. The van der Waals surface area contributed by atoms with Crippen molar-refractivity contribution in [2.24, 2.45) is 7.05 Å². The summed E-state index contributed by atoms with van der Waals surface area (Å²) in [6.45, 7) is 6.13. The number of hydrogen-bond donors (Lipinski definition) is 0. The van der Waals surface area contributed by atoms with Gasteiger partial charge in [0.05, 0.1) is 25.5 Å². The minimum atomic E-state index is 0.0579. The van der Waals surface area contributed by atoms with Gasteiger partial charge in [-0.1, -0.05) is 18.2 Å². The summed E-state index contributed by atoms with van der Waals surface area (Å²) in [4.78, 5) is 19.5. The number of pyridine rings is 1. The third-order valence-corrected chi connectivity index (χ3v) is 5.86. The Morgan fingerprint density at radius 3 is 2.67 bits per heavy atom. The van der Waals surface area contributed by atoms with Crippen LogP contribution in [0, 0.1) is 13.8 Å². The molecule has 0 atom stereocenters. The number of hydrogen-bond acceptors (Lipinski definition) is 6. The second-order valence-corrected chi connectivity index (χ2v) is 8.07. The molecule has 3 heterocycles. The van der Waals surface area contributed by atoms with Crippen LogP contribution in [0.3, 0.4) is 0 Å². The van der Waals surface area contributed by atoms with Crippen molar-refractivity contribution in [3.63, 3.8) is 0 Å². The first-order chi connectivity index (χ1) is 16.0. The molecule has 0 spiro atoms. The Hall–Kier alpha value is -3.39. The Balaban J connectivity index is 1.55. The molecule has 2 aromatic heterocycles. The third kappa shape index (κ3) is 5.51. The maximum Gasteiger partial charge on any atom is 0.224 e. The van der Waals surface area contributed by atoms with Gasteiger partial charge in [-0.05, 0) is 44.0 Å². The fourth-order valence-electron chi connectivity index (χ4n) is 3.95. The van der Waals surface area contributed by atoms with Gasteiger partial charge >= 0.3 is 0 Å². The summed E-state index contributed by atoms with van der Waals surface area (Å²) in [5.74, 6) is 1.73. The van der Waals surface area contributed by atoms with Crippen LogP contribution in [0.5, 0.6) is 17.4 Å². The average molecular weight is 451 g/mol. The fraction of sp³-hybridized carbons (Fsp3) is 0.400. The van der Waals surface area contributed by atoms with Crippen LogP contribution < -0.4 is 9.47 Å². The van der Waals surface area contributed by atoms with Crippen LogP contribution in [0.4, 0.5) is 0 Å². The smallest absolute Gasteiger partial charge is 0.224 e. The number of para-hydroxylation sites is 2. The molecule has 0 unspecified atom stereocenters. The van der Waals surface area contributed by atoms with Crippen LogP contribution in [-0.2, 0) is 29.5 Å². The highest BCUT2D eigenvalue weighted by molar-refractivity contribution is 5.76. The van der Waals surface area contributed by atoms with Gasteiger partial charge in [0.25, 0.3) is 0 Å². The highest BCUT2D eigenvalue weighted by Gasteiger charge is 2.20. The predicted molar refractivity (Wildman–Crippen MR) is 123 cm³/mol. The molecular formula is C25H30N4O4. The first-order valence-electron chi connectivity index (χ1n) is 11.2. The highest BCUT2D eigenvalue weighted by atomic mass is 16.5. The molecule has 4 rings (SSSR count). The monoisotopic (exact) mass is 450 g/mol. The molecule has 0 aliphatic carbocycles. The largest absolute Gasteiger partial charge is 0.487 e. The number of nitrogens with zero attached hydrogens (tertiary/aromatic N) is 4. The molecule has 0 radical (unpaired) electrons. The number of rotatable bonds is 3. The van der Waals surface area contributed by atoms with E-state index in [0.717, 1.165) is 22.5 Å². The lowest BCUT2D eigenvalue weighted by Gasteiger charge is -2.23. The van der Waals surface area contributed by atoms with Crippen molar-refractivity contribution in [2.75, 3.05) is 26.4 Å². The van der Waals surface area contributed by atoms with Gasteiger partial charge < -0.3 is 19.1 Å². The van der Waals surface area contributed by atoms with Crippen molar-refractivity contribution < 1.29 is 19.0 Å². The van der Waals surface area contributed by atoms with Gasteiger partial charge in [0, 0.05) is 37.5 Å². The normalized spacial score (nSPS) is 14.6. The zero-order valence-corrected chi connectivity index (χ0v) is 19.4. The summed E-state index contributed by atoms with van der Waals surface area (Å²) in [5, 5.41) is 4.46. The van der Waals surface area contributed by atoms with Crippen molar-refractivity contribution in [3.8, 4) is 17.4 Å². The predicted octanol–water partition coefficient (Wildman–Crippen LogP) is 3.59. The number of aryl methyl sites for hydroxylation is 2. The van der Waals surface area contributed by atoms with E-state index in [4.69, 9.17) is 14.2 Å². The van der Waals surface area contributed by atoms with Gasteiger partial charge in [0.15, 0.2) is 11.5 Å². The lowest BCUT2D eigenvalue weighted by molar-refractivity contribution is -0.132. The van der Waals surface area contributed by atoms with Gasteiger partial charge in [-0.2, -0.15) is 5.10 Å². The number of amides is 1. The molecule has 0 N–H and O–H groups in total. The summed E-state index contributed by atoms with van der Waals surface area (Å²) in [5.41, 5.74) is 4.02. The van der Waals surface area contributed by atoms with Crippen LogP contribution >= 0.6 is 0 Å². The van der Waals surface area contributed by atoms with E-state index in [-0.39, 0.29) is 5.91 Å².